The molecule has 1 N–H and O–H groups in total. The Kier molecular flexibility index (Phi) is 3.03. The van der Waals surface area contributed by atoms with Crippen LogP contribution in [0.2, 0.25) is 5.02 Å². The van der Waals surface area contributed by atoms with Crippen LogP contribution in [0.15, 0.2) is 12.3 Å². The third-order valence-electron chi connectivity index (χ3n) is 2.73. The van der Waals surface area contributed by atoms with Crippen molar-refractivity contribution < 1.29 is 12.8 Å². The number of sulfone groups is 1. The second-order valence-electron chi connectivity index (χ2n) is 4.51. The maximum atomic E-state index is 13.5. The van der Waals surface area contributed by atoms with Crippen LogP contribution in [-0.4, -0.2) is 30.4 Å². The summed E-state index contributed by atoms with van der Waals surface area (Å²) in [5, 5.41) is 3.05. The second-order valence-corrected chi connectivity index (χ2v) is 7.13. The molecule has 0 spiro atoms. The Balaban J connectivity index is 2.22. The van der Waals surface area contributed by atoms with Crippen LogP contribution in [0, 0.1) is 5.82 Å². The Morgan fingerprint density at radius 2 is 2.29 bits per heavy atom. The van der Waals surface area contributed by atoms with Gasteiger partial charge in [-0.2, -0.15) is 0 Å². The van der Waals surface area contributed by atoms with Crippen LogP contribution < -0.4 is 5.32 Å². The van der Waals surface area contributed by atoms with Crippen LogP contribution in [0.4, 0.5) is 10.2 Å². The van der Waals surface area contributed by atoms with Crippen LogP contribution in [-0.2, 0) is 9.84 Å². The summed E-state index contributed by atoms with van der Waals surface area (Å²) in [4.78, 5) is 3.82. The first-order chi connectivity index (χ1) is 7.80. The van der Waals surface area contributed by atoms with Crippen LogP contribution in [0.25, 0.3) is 0 Å². The van der Waals surface area contributed by atoms with E-state index in [-0.39, 0.29) is 22.3 Å². The van der Waals surface area contributed by atoms with Gasteiger partial charge in [0.1, 0.15) is 0 Å². The molecule has 2 rings (SSSR count). The molecular weight excluding hydrogens is 267 g/mol. The Hall–Kier alpha value is -0.880. The number of hydrogen-bond donors (Lipinski definition) is 1. The first-order valence-corrected chi connectivity index (χ1v) is 7.29. The van der Waals surface area contributed by atoms with Gasteiger partial charge in [-0.15, -0.1) is 0 Å². The minimum atomic E-state index is -3.03. The van der Waals surface area contributed by atoms with Gasteiger partial charge in [0.2, 0.25) is 0 Å². The Labute approximate surface area is 104 Å². The molecule has 94 valence electrons. The highest BCUT2D eigenvalue weighted by atomic mass is 35.5. The van der Waals surface area contributed by atoms with Crippen molar-refractivity contribution in [2.45, 2.75) is 18.9 Å². The number of anilines is 1. The number of hydrogen-bond acceptors (Lipinski definition) is 4. The summed E-state index contributed by atoms with van der Waals surface area (Å²) in [6, 6.07) is 1.14. The lowest BCUT2D eigenvalue weighted by Gasteiger charge is -2.24. The van der Waals surface area contributed by atoms with Crippen LogP contribution in [0.3, 0.4) is 0 Å². The van der Waals surface area contributed by atoms with E-state index in [0.717, 1.165) is 6.07 Å². The molecule has 1 fully saturated rings. The summed E-state index contributed by atoms with van der Waals surface area (Å²) in [7, 11) is -3.03. The first-order valence-electron chi connectivity index (χ1n) is 5.09. The average Bonchev–Trinajstić information content (AvgIpc) is 2.46. The molecule has 0 bridgehead atoms. The van der Waals surface area contributed by atoms with Gasteiger partial charge in [-0.1, -0.05) is 11.6 Å². The number of nitrogens with zero attached hydrogens (tertiary/aromatic N) is 1. The summed E-state index contributed by atoms with van der Waals surface area (Å²) < 4.78 is 36.3. The van der Waals surface area contributed by atoms with E-state index >= 15 is 0 Å². The van der Waals surface area contributed by atoms with Crippen molar-refractivity contribution in [2.24, 2.45) is 0 Å². The molecule has 2 heterocycles. The first kappa shape index (κ1) is 12.6. The molecule has 0 aromatic carbocycles. The Morgan fingerprint density at radius 1 is 1.59 bits per heavy atom. The van der Waals surface area contributed by atoms with Gasteiger partial charge in [-0.3, -0.25) is 0 Å². The van der Waals surface area contributed by atoms with E-state index in [1.807, 2.05) is 0 Å². The summed E-state index contributed by atoms with van der Waals surface area (Å²) in [5.74, 6) is -0.438. The average molecular weight is 279 g/mol. The molecule has 7 heteroatoms. The van der Waals surface area contributed by atoms with Gasteiger partial charge in [0.15, 0.2) is 21.5 Å². The zero-order valence-corrected chi connectivity index (χ0v) is 10.8. The van der Waals surface area contributed by atoms with Gasteiger partial charge < -0.3 is 5.32 Å². The highest BCUT2D eigenvalue weighted by molar-refractivity contribution is 7.91. The van der Waals surface area contributed by atoms with Crippen molar-refractivity contribution in [3.8, 4) is 0 Å². The van der Waals surface area contributed by atoms with E-state index in [4.69, 9.17) is 11.6 Å². The van der Waals surface area contributed by atoms with Crippen molar-refractivity contribution in [3.05, 3.63) is 23.1 Å². The van der Waals surface area contributed by atoms with E-state index in [2.05, 4.69) is 10.3 Å². The molecule has 0 amide bonds. The number of pyridine rings is 1. The fourth-order valence-corrected chi connectivity index (χ4v) is 4.14. The SMILES string of the molecule is CC1(Nc2ncc(Cl)cc2F)CCS(=O)(=O)C1. The summed E-state index contributed by atoms with van der Waals surface area (Å²) >= 11 is 5.59. The van der Waals surface area contributed by atoms with E-state index < -0.39 is 21.2 Å². The highest BCUT2D eigenvalue weighted by Crippen LogP contribution is 2.28. The third-order valence-corrected chi connectivity index (χ3v) is 4.84. The topological polar surface area (TPSA) is 59.1 Å². The molecule has 1 atom stereocenters. The molecule has 17 heavy (non-hydrogen) atoms. The predicted octanol–water partition coefficient (Wildman–Crippen LogP) is 1.86. The minimum Gasteiger partial charge on any atom is -0.361 e. The van der Waals surface area contributed by atoms with Gasteiger partial charge in [-0.25, -0.2) is 17.8 Å². The molecule has 0 radical (unpaired) electrons. The standard InChI is InChI=1S/C10H12ClFN2O2S/c1-10(2-3-17(15,16)6-10)14-9-8(12)4-7(11)5-13-9/h4-5H,2-3,6H2,1H3,(H,13,14). The van der Waals surface area contributed by atoms with E-state index in [1.165, 1.54) is 6.20 Å². The van der Waals surface area contributed by atoms with Crippen molar-refractivity contribution in [2.75, 3.05) is 16.8 Å². The summed E-state index contributed by atoms with van der Waals surface area (Å²) in [6.45, 7) is 1.74. The largest absolute Gasteiger partial charge is 0.361 e. The van der Waals surface area contributed by atoms with Crippen LogP contribution in [0.5, 0.6) is 0 Å². The van der Waals surface area contributed by atoms with Crippen molar-refractivity contribution in [3.63, 3.8) is 0 Å². The molecular formula is C10H12ClFN2O2S. The fraction of sp³-hybridized carbons (Fsp3) is 0.500. The van der Waals surface area contributed by atoms with Crippen LogP contribution in [0.1, 0.15) is 13.3 Å². The summed E-state index contributed by atoms with van der Waals surface area (Å²) in [6.07, 6.45) is 1.76. The smallest absolute Gasteiger partial charge is 0.166 e. The Bertz CT molecular complexity index is 549. The van der Waals surface area contributed by atoms with E-state index in [1.54, 1.807) is 6.92 Å². The molecule has 1 aliphatic heterocycles. The maximum Gasteiger partial charge on any atom is 0.166 e. The Morgan fingerprint density at radius 3 is 2.82 bits per heavy atom. The monoisotopic (exact) mass is 278 g/mol. The predicted molar refractivity (Wildman–Crippen MR) is 64.5 cm³/mol. The van der Waals surface area contributed by atoms with Gasteiger partial charge in [0, 0.05) is 6.20 Å². The number of aromatic nitrogens is 1. The lowest BCUT2D eigenvalue weighted by Crippen LogP contribution is -2.36. The van der Waals surface area contributed by atoms with Gasteiger partial charge in [-0.05, 0) is 19.4 Å². The lowest BCUT2D eigenvalue weighted by atomic mass is 10.0. The van der Waals surface area contributed by atoms with Crippen molar-refractivity contribution in [1.29, 1.82) is 0 Å². The van der Waals surface area contributed by atoms with Crippen LogP contribution >= 0.6 is 11.6 Å². The fourth-order valence-electron chi connectivity index (χ4n) is 1.90. The normalized spacial score (nSPS) is 27.0. The highest BCUT2D eigenvalue weighted by Gasteiger charge is 2.38. The molecule has 4 nitrogen and oxygen atoms in total. The van der Waals surface area contributed by atoms with E-state index in [9.17, 15) is 12.8 Å². The molecule has 1 aliphatic rings. The number of halogens is 2. The minimum absolute atomic E-state index is 0.0102. The number of nitrogens with one attached hydrogen (secondary N) is 1. The summed E-state index contributed by atoms with van der Waals surface area (Å²) in [5.41, 5.74) is -0.666. The maximum absolute atomic E-state index is 13.5. The van der Waals surface area contributed by atoms with Gasteiger partial charge in [0.25, 0.3) is 0 Å². The zero-order chi connectivity index (χ0) is 12.7. The van der Waals surface area contributed by atoms with Crippen molar-refractivity contribution >= 4 is 27.3 Å². The quantitative estimate of drug-likeness (QED) is 0.897. The van der Waals surface area contributed by atoms with Crippen molar-refractivity contribution in [1.82, 2.24) is 4.98 Å². The lowest BCUT2D eigenvalue weighted by molar-refractivity contribution is 0.557. The molecule has 1 saturated heterocycles. The van der Waals surface area contributed by atoms with Gasteiger partial charge in [0.05, 0.1) is 22.1 Å². The molecule has 1 aromatic rings. The molecule has 1 aromatic heterocycles. The molecule has 1 unspecified atom stereocenters. The zero-order valence-electron chi connectivity index (χ0n) is 9.20. The van der Waals surface area contributed by atoms with E-state index in [0.29, 0.717) is 6.42 Å². The molecule has 0 saturated carbocycles. The van der Waals surface area contributed by atoms with Gasteiger partial charge >= 0.3 is 0 Å². The second kappa shape index (κ2) is 4.10. The number of rotatable bonds is 2. The molecule has 0 aliphatic carbocycles. The third kappa shape index (κ3) is 2.87.